The minimum Gasteiger partial charge on any atom is -0.408 e. The van der Waals surface area contributed by atoms with Gasteiger partial charge in [0.2, 0.25) is 0 Å². The van der Waals surface area contributed by atoms with Crippen LogP contribution in [0, 0.1) is 0 Å². The molecular formula is C21H28N2O2Si. The number of hydrogen-bond donors (Lipinski definition) is 0. The Balaban J connectivity index is 2.19. The zero-order chi connectivity index (χ0) is 19.1. The van der Waals surface area contributed by atoms with E-state index in [4.69, 9.17) is 4.43 Å². The summed E-state index contributed by atoms with van der Waals surface area (Å²) in [6.07, 6.45) is 2.78. The van der Waals surface area contributed by atoms with Crippen molar-refractivity contribution in [2.24, 2.45) is 7.05 Å². The normalized spacial score (nSPS) is 14.1. The Morgan fingerprint density at radius 2 is 1.88 bits per heavy atom. The molecule has 3 aromatic rings. The van der Waals surface area contributed by atoms with Crippen LogP contribution in [0.3, 0.4) is 0 Å². The molecule has 0 spiro atoms. The molecule has 0 radical (unpaired) electrons. The molecule has 5 heteroatoms. The van der Waals surface area contributed by atoms with Crippen molar-refractivity contribution in [2.45, 2.75) is 51.4 Å². The summed E-state index contributed by atoms with van der Waals surface area (Å²) < 4.78 is 8.79. The molecule has 1 aromatic carbocycles. The molecule has 0 bridgehead atoms. The van der Waals surface area contributed by atoms with Crippen LogP contribution < -0.4 is 0 Å². The van der Waals surface area contributed by atoms with Gasteiger partial charge in [0.1, 0.15) is 6.29 Å². The number of hydrogen-bond acceptors (Lipinski definition) is 3. The van der Waals surface area contributed by atoms with Gasteiger partial charge < -0.3 is 13.8 Å². The van der Waals surface area contributed by atoms with E-state index >= 15 is 0 Å². The van der Waals surface area contributed by atoms with Crippen molar-refractivity contribution in [3.63, 3.8) is 0 Å². The Bertz CT molecular complexity index is 954. The Hall–Kier alpha value is -1.98. The van der Waals surface area contributed by atoms with Gasteiger partial charge in [0.05, 0.1) is 17.3 Å². The Morgan fingerprint density at radius 3 is 2.54 bits per heavy atom. The molecule has 0 saturated carbocycles. The third-order valence-electron chi connectivity index (χ3n) is 5.70. The van der Waals surface area contributed by atoms with E-state index < -0.39 is 8.32 Å². The third kappa shape index (κ3) is 3.10. The van der Waals surface area contributed by atoms with Crippen LogP contribution >= 0.6 is 0 Å². The topological polar surface area (TPSA) is 44.1 Å². The highest BCUT2D eigenvalue weighted by Crippen LogP contribution is 2.41. The highest BCUT2D eigenvalue weighted by molar-refractivity contribution is 6.74. The van der Waals surface area contributed by atoms with Crippen molar-refractivity contribution in [3.8, 4) is 0 Å². The fourth-order valence-electron chi connectivity index (χ4n) is 3.23. The number of fused-ring (bicyclic) bond motifs is 3. The highest BCUT2D eigenvalue weighted by atomic mass is 28.4. The van der Waals surface area contributed by atoms with Gasteiger partial charge in [0, 0.05) is 36.0 Å². The molecule has 2 heterocycles. The monoisotopic (exact) mass is 368 g/mol. The molecule has 0 aliphatic heterocycles. The van der Waals surface area contributed by atoms with Crippen molar-refractivity contribution in [3.05, 3.63) is 42.2 Å². The number of aryl methyl sites for hydroxylation is 1. The van der Waals surface area contributed by atoms with E-state index in [0.717, 1.165) is 28.4 Å². The van der Waals surface area contributed by atoms with E-state index in [1.54, 1.807) is 0 Å². The predicted molar refractivity (Wildman–Crippen MR) is 110 cm³/mol. The van der Waals surface area contributed by atoms with E-state index in [1.807, 2.05) is 18.3 Å². The van der Waals surface area contributed by atoms with Gasteiger partial charge in [-0.25, -0.2) is 0 Å². The van der Waals surface area contributed by atoms with E-state index in [-0.39, 0.29) is 11.1 Å². The van der Waals surface area contributed by atoms with Crippen LogP contribution in [0.5, 0.6) is 0 Å². The fourth-order valence-corrected chi connectivity index (χ4v) is 4.50. The lowest BCUT2D eigenvalue weighted by Gasteiger charge is -2.39. The number of carbonyl (C=O) groups excluding carboxylic acids is 1. The van der Waals surface area contributed by atoms with Gasteiger partial charge in [-0.05, 0) is 30.3 Å². The summed E-state index contributed by atoms with van der Waals surface area (Å²) in [7, 11) is 0.0158. The Labute approximate surface area is 156 Å². The van der Waals surface area contributed by atoms with E-state index in [2.05, 4.69) is 68.7 Å². The molecule has 0 aliphatic carbocycles. The van der Waals surface area contributed by atoms with Gasteiger partial charge in [-0.2, -0.15) is 0 Å². The number of para-hydroxylation sites is 1. The summed E-state index contributed by atoms with van der Waals surface area (Å²) in [5.41, 5.74) is 3.08. The molecule has 138 valence electrons. The number of aromatic nitrogens is 2. The highest BCUT2D eigenvalue weighted by Gasteiger charge is 2.40. The average Bonchev–Trinajstić information content (AvgIpc) is 2.87. The number of aldehydes is 1. The fraction of sp³-hybridized carbons (Fsp3) is 0.429. The first kappa shape index (κ1) is 18.8. The number of nitrogens with zero attached hydrogens (tertiary/aromatic N) is 2. The summed E-state index contributed by atoms with van der Waals surface area (Å²) in [4.78, 5) is 16.1. The average molecular weight is 369 g/mol. The van der Waals surface area contributed by atoms with Gasteiger partial charge in [-0.15, -0.1) is 0 Å². The second kappa shape index (κ2) is 6.63. The molecule has 4 nitrogen and oxygen atoms in total. The van der Waals surface area contributed by atoms with Crippen LogP contribution in [0.2, 0.25) is 18.1 Å². The summed E-state index contributed by atoms with van der Waals surface area (Å²) in [5.74, 6) is 0. The van der Waals surface area contributed by atoms with E-state index in [9.17, 15) is 4.79 Å². The lowest BCUT2D eigenvalue weighted by atomic mass is 10.1. The third-order valence-corrected chi connectivity index (χ3v) is 10.2. The Kier molecular flexibility index (Phi) is 4.79. The lowest BCUT2D eigenvalue weighted by Crippen LogP contribution is -2.42. The Morgan fingerprint density at radius 1 is 1.19 bits per heavy atom. The molecule has 0 fully saturated rings. The first-order valence-corrected chi connectivity index (χ1v) is 12.0. The quantitative estimate of drug-likeness (QED) is 0.449. The molecule has 0 aliphatic rings. The smallest absolute Gasteiger partial charge is 0.193 e. The van der Waals surface area contributed by atoms with Crippen molar-refractivity contribution >= 4 is 36.4 Å². The zero-order valence-electron chi connectivity index (χ0n) is 16.5. The van der Waals surface area contributed by atoms with Gasteiger partial charge in [-0.1, -0.05) is 39.0 Å². The van der Waals surface area contributed by atoms with Crippen LogP contribution in [-0.4, -0.2) is 24.2 Å². The minimum absolute atomic E-state index is 0.0704. The van der Waals surface area contributed by atoms with Gasteiger partial charge in [-0.3, -0.25) is 4.98 Å². The van der Waals surface area contributed by atoms with Crippen LogP contribution in [0.1, 0.15) is 39.0 Å². The van der Waals surface area contributed by atoms with Crippen molar-refractivity contribution in [2.75, 3.05) is 0 Å². The standard InChI is InChI=1S/C21H28N2O2Si/c1-21(2,3)26(5,6)25-18(12-14-24)19-20-16(11-13-22-19)15-9-7-8-10-17(15)23(20)4/h7-11,13-14,18H,12H2,1-6H3. The molecule has 2 aromatic heterocycles. The van der Waals surface area contributed by atoms with Gasteiger partial charge in [0.25, 0.3) is 0 Å². The van der Waals surface area contributed by atoms with Crippen LogP contribution in [0.4, 0.5) is 0 Å². The maximum Gasteiger partial charge on any atom is 0.193 e. The van der Waals surface area contributed by atoms with Gasteiger partial charge >= 0.3 is 0 Å². The molecule has 26 heavy (non-hydrogen) atoms. The summed E-state index contributed by atoms with van der Waals surface area (Å²) in [6.45, 7) is 11.1. The predicted octanol–water partition coefficient (Wildman–Crippen LogP) is 5.38. The molecule has 1 unspecified atom stereocenters. The van der Waals surface area contributed by atoms with Crippen molar-refractivity contribution in [1.29, 1.82) is 0 Å². The summed E-state index contributed by atoms with van der Waals surface area (Å²) in [5, 5.41) is 2.43. The molecular weight excluding hydrogens is 340 g/mol. The largest absolute Gasteiger partial charge is 0.408 e. The molecule has 1 atom stereocenters. The summed E-state index contributed by atoms with van der Waals surface area (Å²) in [6, 6.07) is 10.4. The first-order chi connectivity index (χ1) is 12.2. The van der Waals surface area contributed by atoms with Crippen molar-refractivity contribution in [1.82, 2.24) is 9.55 Å². The lowest BCUT2D eigenvalue weighted by molar-refractivity contribution is -0.109. The number of benzene rings is 1. The van der Waals surface area contributed by atoms with E-state index in [0.29, 0.717) is 6.42 Å². The first-order valence-electron chi connectivity index (χ1n) is 9.11. The summed E-state index contributed by atoms with van der Waals surface area (Å²) >= 11 is 0. The SMILES string of the molecule is Cn1c2ccccc2c2ccnc(C(CC=O)O[Si](C)(C)C(C)(C)C)c21. The number of rotatable bonds is 5. The molecule has 0 saturated heterocycles. The maximum absolute atomic E-state index is 11.4. The van der Waals surface area contributed by atoms with Crippen molar-refractivity contribution < 1.29 is 9.22 Å². The minimum atomic E-state index is -2.04. The molecule has 0 N–H and O–H groups in total. The van der Waals surface area contributed by atoms with Crippen LogP contribution in [0.15, 0.2) is 36.5 Å². The molecule has 0 amide bonds. The van der Waals surface area contributed by atoms with Crippen LogP contribution in [-0.2, 0) is 16.3 Å². The maximum atomic E-state index is 11.4. The number of carbonyl (C=O) groups is 1. The second-order valence-corrected chi connectivity index (χ2v) is 13.2. The van der Waals surface area contributed by atoms with E-state index in [1.165, 1.54) is 5.39 Å². The number of pyridine rings is 1. The van der Waals surface area contributed by atoms with Crippen LogP contribution in [0.25, 0.3) is 21.8 Å². The molecule has 3 rings (SSSR count). The zero-order valence-corrected chi connectivity index (χ0v) is 17.5. The van der Waals surface area contributed by atoms with Gasteiger partial charge in [0.15, 0.2) is 8.32 Å². The second-order valence-electron chi connectivity index (χ2n) is 8.44.